The van der Waals surface area contributed by atoms with E-state index in [1.165, 1.54) is 5.39 Å². The van der Waals surface area contributed by atoms with E-state index in [2.05, 4.69) is 188 Å². The van der Waals surface area contributed by atoms with Crippen molar-refractivity contribution in [3.05, 3.63) is 314 Å². The molecule has 0 fully saturated rings. The van der Waals surface area contributed by atoms with E-state index < -0.39 is 0 Å². The molecule has 0 saturated heterocycles. The molecule has 0 unspecified atom stereocenters. The molecule has 2 heterocycles. The van der Waals surface area contributed by atoms with E-state index in [-0.39, 0.29) is 0 Å². The smallest absolute Gasteiger partial charge is 0.164 e. The third-order valence-corrected chi connectivity index (χ3v) is 16.6. The normalized spacial score (nSPS) is 11.1. The molecule has 2 aromatic heterocycles. The Hall–Kier alpha value is -12.6. The minimum Gasteiger partial charge on any atom is -0.208 e. The summed E-state index contributed by atoms with van der Waals surface area (Å²) in [5.74, 6) is 3.44. The third-order valence-electron chi connectivity index (χ3n) is 16.6. The Morgan fingerprint density at radius 2 is 0.478 bits per heavy atom. The van der Waals surface area contributed by atoms with Gasteiger partial charge in [-0.2, -0.15) is 10.5 Å². The van der Waals surface area contributed by atoms with Gasteiger partial charge in [-0.3, -0.25) is 0 Å². The molecule has 15 rings (SSSR count). The lowest BCUT2D eigenvalue weighted by Crippen LogP contribution is -2.00. The summed E-state index contributed by atoms with van der Waals surface area (Å²) in [5.41, 5.74) is 19.3. The Morgan fingerprint density at radius 1 is 0.189 bits per heavy atom. The quantitative estimate of drug-likeness (QED) is 0.118. The largest absolute Gasteiger partial charge is 0.208 e. The number of nitriles is 2. The zero-order chi connectivity index (χ0) is 60.3. The maximum absolute atomic E-state index is 9.94. The molecule has 0 aliphatic carbocycles. The highest BCUT2D eigenvalue weighted by atomic mass is 15.0. The first-order chi connectivity index (χ1) is 44.5. The highest BCUT2D eigenvalue weighted by molar-refractivity contribution is 6.07. The van der Waals surface area contributed by atoms with E-state index in [1.54, 1.807) is 0 Å². The molecule has 8 nitrogen and oxygen atoms in total. The molecule has 13 aromatic carbocycles. The van der Waals surface area contributed by atoms with Gasteiger partial charge in [-0.15, -0.1) is 0 Å². The summed E-state index contributed by atoms with van der Waals surface area (Å²) in [6.07, 6.45) is 0. The second-order valence-corrected chi connectivity index (χ2v) is 22.0. The van der Waals surface area contributed by atoms with E-state index in [0.29, 0.717) is 46.1 Å². The monoisotopic (exact) mass is 1150 g/mol. The third kappa shape index (κ3) is 10.6. The Labute approximate surface area is 520 Å². The molecule has 0 aliphatic rings. The summed E-state index contributed by atoms with van der Waals surface area (Å²) in [5, 5.41) is 23.7. The minimum atomic E-state index is 0.563. The van der Waals surface area contributed by atoms with Crippen LogP contribution in [0.15, 0.2) is 303 Å². The predicted octanol–water partition coefficient (Wildman–Crippen LogP) is 20.1. The van der Waals surface area contributed by atoms with Gasteiger partial charge < -0.3 is 0 Å². The van der Waals surface area contributed by atoms with Crippen LogP contribution < -0.4 is 0 Å². The SMILES string of the molecule is N#Cc1ccc(-c2ccc(-c3ccc(-c4ccc(-c5nc(-c6ccccc6)nc(-c6cccc(-c7ccc(-c8nc(-c9ccccc9)nc(-c9ccc(-c%10ccc(-c%11ccccc%11C#N)c%11ccccc%10%11)cc9)n8)cc7)c6)n5)cc4)c4ccccc34)cc2)cc1. The molecule has 418 valence electrons. The summed E-state index contributed by atoms with van der Waals surface area (Å²) in [6, 6.07) is 108. The number of hydrogen-bond donors (Lipinski definition) is 0. The highest BCUT2D eigenvalue weighted by Crippen LogP contribution is 2.40. The van der Waals surface area contributed by atoms with Crippen LogP contribution in [-0.2, 0) is 0 Å². The number of benzene rings is 13. The van der Waals surface area contributed by atoms with Crippen LogP contribution in [0.3, 0.4) is 0 Å². The molecule has 0 spiro atoms. The summed E-state index contributed by atoms with van der Waals surface area (Å²) >= 11 is 0. The van der Waals surface area contributed by atoms with Crippen LogP contribution in [0.25, 0.3) is 157 Å². The average molecular weight is 1150 g/mol. The molecule has 0 bridgehead atoms. The van der Waals surface area contributed by atoms with Crippen LogP contribution in [-0.4, -0.2) is 29.9 Å². The second kappa shape index (κ2) is 23.7. The fourth-order valence-corrected chi connectivity index (χ4v) is 11.9. The Kier molecular flexibility index (Phi) is 14.2. The Balaban J connectivity index is 0.716. The molecule has 0 N–H and O–H groups in total. The minimum absolute atomic E-state index is 0.563. The molecular formula is C82H50N8. The highest BCUT2D eigenvalue weighted by Gasteiger charge is 2.19. The van der Waals surface area contributed by atoms with Crippen LogP contribution >= 0.6 is 0 Å². The fraction of sp³-hybridized carbons (Fsp3) is 0. The Morgan fingerprint density at radius 3 is 0.889 bits per heavy atom. The first-order valence-electron chi connectivity index (χ1n) is 29.7. The van der Waals surface area contributed by atoms with Crippen molar-refractivity contribution >= 4 is 21.5 Å². The molecule has 0 aliphatic heterocycles. The first kappa shape index (κ1) is 54.1. The lowest BCUT2D eigenvalue weighted by Gasteiger charge is -2.14. The van der Waals surface area contributed by atoms with Crippen molar-refractivity contribution in [3.8, 4) is 147 Å². The zero-order valence-electron chi connectivity index (χ0n) is 48.4. The maximum Gasteiger partial charge on any atom is 0.164 e. The lowest BCUT2D eigenvalue weighted by atomic mass is 9.90. The topological polar surface area (TPSA) is 125 Å². The first-order valence-corrected chi connectivity index (χ1v) is 29.7. The van der Waals surface area contributed by atoms with Crippen LogP contribution in [0.5, 0.6) is 0 Å². The maximum atomic E-state index is 9.94. The molecule has 8 heteroatoms. The van der Waals surface area contributed by atoms with Crippen molar-refractivity contribution in [3.63, 3.8) is 0 Å². The van der Waals surface area contributed by atoms with Gasteiger partial charge in [-0.25, -0.2) is 29.9 Å². The van der Waals surface area contributed by atoms with Gasteiger partial charge in [0.25, 0.3) is 0 Å². The van der Waals surface area contributed by atoms with Crippen molar-refractivity contribution in [2.45, 2.75) is 0 Å². The van der Waals surface area contributed by atoms with Gasteiger partial charge in [-0.1, -0.05) is 279 Å². The van der Waals surface area contributed by atoms with Crippen molar-refractivity contribution in [1.82, 2.24) is 29.9 Å². The van der Waals surface area contributed by atoms with Crippen LogP contribution in [0.1, 0.15) is 11.1 Å². The van der Waals surface area contributed by atoms with Crippen molar-refractivity contribution in [2.24, 2.45) is 0 Å². The number of hydrogen-bond acceptors (Lipinski definition) is 8. The summed E-state index contributed by atoms with van der Waals surface area (Å²) in [7, 11) is 0. The molecule has 15 aromatic rings. The van der Waals surface area contributed by atoms with Crippen LogP contribution in [0.4, 0.5) is 0 Å². The summed E-state index contributed by atoms with van der Waals surface area (Å²) in [4.78, 5) is 30.6. The van der Waals surface area contributed by atoms with Gasteiger partial charge >= 0.3 is 0 Å². The molecular weight excluding hydrogens is 1100 g/mol. The molecule has 90 heavy (non-hydrogen) atoms. The van der Waals surface area contributed by atoms with Crippen LogP contribution in [0, 0.1) is 22.7 Å². The van der Waals surface area contributed by atoms with Crippen LogP contribution in [0.2, 0.25) is 0 Å². The Bertz CT molecular complexity index is 5270. The molecule has 0 atom stereocenters. The van der Waals surface area contributed by atoms with Crippen molar-refractivity contribution < 1.29 is 0 Å². The van der Waals surface area contributed by atoms with Gasteiger partial charge in [0.05, 0.1) is 23.3 Å². The molecule has 0 amide bonds. The van der Waals surface area contributed by atoms with Gasteiger partial charge in [0.2, 0.25) is 0 Å². The average Bonchev–Trinajstić information content (AvgIpc) is 1.08. The van der Waals surface area contributed by atoms with E-state index >= 15 is 0 Å². The number of rotatable bonds is 12. The van der Waals surface area contributed by atoms with Gasteiger partial charge in [0.1, 0.15) is 0 Å². The van der Waals surface area contributed by atoms with Crippen molar-refractivity contribution in [1.29, 1.82) is 10.5 Å². The lowest BCUT2D eigenvalue weighted by molar-refractivity contribution is 1.07. The van der Waals surface area contributed by atoms with Gasteiger partial charge in [-0.05, 0) is 107 Å². The van der Waals surface area contributed by atoms with Gasteiger partial charge in [0, 0.05) is 38.9 Å². The molecule has 0 saturated carbocycles. The van der Waals surface area contributed by atoms with E-state index in [9.17, 15) is 10.5 Å². The van der Waals surface area contributed by atoms with E-state index in [1.807, 2.05) is 127 Å². The zero-order valence-corrected chi connectivity index (χ0v) is 48.4. The fourth-order valence-electron chi connectivity index (χ4n) is 11.9. The standard InChI is InChI=1S/C82H50N8/c83-51-53-26-28-54(29-27-53)55-30-34-57(35-31-55)69-46-47-70(73-23-10-9-22-72(69)73)58-36-44-64(45-37-58)81-87-78(61-16-5-2-6-17-61)89-82(90-81)66-20-13-19-65(50-66)56-32-40-62(41-33-56)79-85-77(60-14-3-1-4-15-60)86-80(88-79)63-42-38-59(39-43-63)71-48-49-76(75-25-12-11-24-74(71)75)68-21-8-7-18-67(68)52-84/h1-50H. The second-order valence-electron chi connectivity index (χ2n) is 22.0. The summed E-state index contributed by atoms with van der Waals surface area (Å²) < 4.78 is 0. The number of nitrogens with zero attached hydrogens (tertiary/aromatic N) is 8. The van der Waals surface area contributed by atoms with Crippen molar-refractivity contribution in [2.75, 3.05) is 0 Å². The number of aromatic nitrogens is 6. The number of fused-ring (bicyclic) bond motifs is 2. The molecule has 0 radical (unpaired) electrons. The van der Waals surface area contributed by atoms with Gasteiger partial charge in [0.15, 0.2) is 34.9 Å². The predicted molar refractivity (Wildman–Crippen MR) is 363 cm³/mol. The van der Waals surface area contributed by atoms with E-state index in [4.69, 9.17) is 29.9 Å². The summed E-state index contributed by atoms with van der Waals surface area (Å²) in [6.45, 7) is 0. The van der Waals surface area contributed by atoms with E-state index in [0.717, 1.165) is 116 Å².